The van der Waals surface area contributed by atoms with Crippen molar-refractivity contribution in [2.24, 2.45) is 0 Å². The van der Waals surface area contributed by atoms with Gasteiger partial charge in [0.25, 0.3) is 5.91 Å². The van der Waals surface area contributed by atoms with Gasteiger partial charge < -0.3 is 29.2 Å². The van der Waals surface area contributed by atoms with Crippen molar-refractivity contribution >= 4 is 34.4 Å². The number of carbonyl (C=O) groups is 3. The summed E-state index contributed by atoms with van der Waals surface area (Å²) in [4.78, 5) is 44.5. The van der Waals surface area contributed by atoms with Crippen molar-refractivity contribution in [1.82, 2.24) is 15.2 Å². The molecule has 2 aliphatic rings. The van der Waals surface area contributed by atoms with Gasteiger partial charge in [0.1, 0.15) is 11.6 Å². The van der Waals surface area contributed by atoms with E-state index in [-0.39, 0.29) is 17.7 Å². The van der Waals surface area contributed by atoms with Gasteiger partial charge in [-0.15, -0.1) is 0 Å². The number of likely N-dealkylation sites (N-methyl/N-ethyl adjacent to an activating group) is 1. The van der Waals surface area contributed by atoms with Gasteiger partial charge in [0.2, 0.25) is 0 Å². The van der Waals surface area contributed by atoms with Gasteiger partial charge in [0, 0.05) is 53.5 Å². The van der Waals surface area contributed by atoms with Crippen LogP contribution in [0.2, 0.25) is 0 Å². The normalized spacial score (nSPS) is 17.2. The lowest BCUT2D eigenvalue weighted by molar-refractivity contribution is -0.896. The van der Waals surface area contributed by atoms with Crippen molar-refractivity contribution in [3.63, 3.8) is 0 Å². The fraction of sp³-hybridized carbons (Fsp3) is 0.441. The van der Waals surface area contributed by atoms with E-state index in [1.807, 2.05) is 19.9 Å². The number of aryl methyl sites for hydroxylation is 1. The van der Waals surface area contributed by atoms with Crippen molar-refractivity contribution in [2.75, 3.05) is 39.8 Å². The highest BCUT2D eigenvalue weighted by molar-refractivity contribution is 6.18. The summed E-state index contributed by atoms with van der Waals surface area (Å²) < 4.78 is 26.5. The molecule has 5 rings (SSSR count). The van der Waals surface area contributed by atoms with E-state index in [9.17, 15) is 18.8 Å². The second-order valence-corrected chi connectivity index (χ2v) is 13.2. The van der Waals surface area contributed by atoms with Crippen LogP contribution in [0.3, 0.4) is 0 Å². The molecule has 0 saturated carbocycles. The Morgan fingerprint density at radius 1 is 1.11 bits per heavy atom. The van der Waals surface area contributed by atoms with E-state index in [2.05, 4.69) is 17.3 Å². The number of benzene rings is 2. The van der Waals surface area contributed by atoms with Gasteiger partial charge >= 0.3 is 12.1 Å². The zero-order valence-corrected chi connectivity index (χ0v) is 26.4. The van der Waals surface area contributed by atoms with Crippen LogP contribution in [-0.2, 0) is 14.9 Å². The summed E-state index contributed by atoms with van der Waals surface area (Å²) in [7, 11) is 2.21. The molecule has 0 unspecified atom stereocenters. The van der Waals surface area contributed by atoms with Crippen LogP contribution < -0.4 is 10.1 Å². The standard InChI is InChI=1S/C34H41FN4O5/c1-21(2)43-32(41)26-19-38(31(40)23-10-9-22(3)27(35)17-23)20-34(4,5)29-25-12-11-24(18-28(25)37-30(26)29)44-33(42)36-13-16-39(6)14-7-8-15-39/h9-12,17-19,21,37H,7-8,13-16,20H2,1-6H3/p+1. The van der Waals surface area contributed by atoms with Crippen molar-refractivity contribution in [3.8, 4) is 5.75 Å². The summed E-state index contributed by atoms with van der Waals surface area (Å²) in [6.45, 7) is 13.0. The van der Waals surface area contributed by atoms with Crippen LogP contribution >= 0.6 is 0 Å². The number of hydrogen-bond donors (Lipinski definition) is 2. The number of aromatic nitrogens is 1. The maximum atomic E-state index is 14.4. The molecule has 44 heavy (non-hydrogen) atoms. The molecule has 3 aromatic rings. The average Bonchev–Trinajstić information content (AvgIpc) is 3.52. The number of rotatable bonds is 7. The zero-order valence-electron chi connectivity index (χ0n) is 26.4. The SMILES string of the molecule is Cc1ccc(C(=O)N2C=C(C(=O)OC(C)C)c3[nH]c4cc(OC(=O)NCC[N+]5(C)CCCC5)ccc4c3C(C)(C)C2)cc1F. The summed E-state index contributed by atoms with van der Waals surface area (Å²) in [6, 6.07) is 9.67. The Labute approximate surface area is 257 Å². The predicted molar refractivity (Wildman–Crippen MR) is 167 cm³/mol. The molecule has 0 bridgehead atoms. The van der Waals surface area contributed by atoms with E-state index >= 15 is 0 Å². The molecule has 10 heteroatoms. The first-order valence-electron chi connectivity index (χ1n) is 15.2. The van der Waals surface area contributed by atoms with E-state index in [1.54, 1.807) is 45.0 Å². The molecule has 9 nitrogen and oxygen atoms in total. The van der Waals surface area contributed by atoms with Gasteiger partial charge in [0.15, 0.2) is 0 Å². The third-order valence-electron chi connectivity index (χ3n) is 8.59. The molecule has 0 aliphatic carbocycles. The number of ether oxygens (including phenoxy) is 2. The van der Waals surface area contributed by atoms with Gasteiger partial charge in [0.05, 0.1) is 50.6 Å². The Morgan fingerprint density at radius 3 is 2.52 bits per heavy atom. The molecule has 1 aromatic heterocycles. The van der Waals surface area contributed by atoms with E-state index < -0.39 is 35.3 Å². The predicted octanol–water partition coefficient (Wildman–Crippen LogP) is 5.67. The van der Waals surface area contributed by atoms with Crippen molar-refractivity contribution in [3.05, 3.63) is 70.8 Å². The molecular weight excluding hydrogens is 563 g/mol. The lowest BCUT2D eigenvalue weighted by atomic mass is 9.81. The Hall–Kier alpha value is -4.18. The number of halogens is 1. The molecule has 234 valence electrons. The molecule has 0 atom stereocenters. The number of quaternary nitrogens is 1. The Balaban J connectivity index is 1.46. The summed E-state index contributed by atoms with van der Waals surface area (Å²) in [6.07, 6.45) is 3.00. The number of likely N-dealkylation sites (tertiary alicyclic amines) is 1. The number of hydrogen-bond acceptors (Lipinski definition) is 5. The molecule has 2 amide bonds. The Bertz CT molecular complexity index is 1630. The maximum Gasteiger partial charge on any atom is 0.412 e. The smallest absolute Gasteiger partial charge is 0.412 e. The molecule has 0 spiro atoms. The van der Waals surface area contributed by atoms with Crippen LogP contribution in [0.5, 0.6) is 5.75 Å². The third kappa shape index (κ3) is 6.50. The van der Waals surface area contributed by atoms with Crippen LogP contribution in [0, 0.1) is 12.7 Å². The Morgan fingerprint density at radius 2 is 1.84 bits per heavy atom. The van der Waals surface area contributed by atoms with Gasteiger partial charge in [-0.2, -0.15) is 0 Å². The van der Waals surface area contributed by atoms with Gasteiger partial charge in [-0.25, -0.2) is 14.0 Å². The van der Waals surface area contributed by atoms with Crippen LogP contribution in [-0.4, -0.2) is 78.2 Å². The number of esters is 1. The van der Waals surface area contributed by atoms with Crippen molar-refractivity contribution < 1.29 is 32.7 Å². The first-order valence-corrected chi connectivity index (χ1v) is 15.2. The summed E-state index contributed by atoms with van der Waals surface area (Å²) >= 11 is 0. The molecule has 1 fully saturated rings. The van der Waals surface area contributed by atoms with E-state index in [1.165, 1.54) is 30.0 Å². The average molecular weight is 606 g/mol. The van der Waals surface area contributed by atoms with Gasteiger partial charge in [-0.05, 0) is 56.2 Å². The van der Waals surface area contributed by atoms with E-state index in [4.69, 9.17) is 9.47 Å². The fourth-order valence-corrected chi connectivity index (χ4v) is 6.26. The monoisotopic (exact) mass is 605 g/mol. The maximum absolute atomic E-state index is 14.4. The molecular formula is C34H42FN4O5+. The first kappa shape index (κ1) is 31.3. The minimum absolute atomic E-state index is 0.176. The number of amides is 2. The number of fused-ring (bicyclic) bond motifs is 3. The lowest BCUT2D eigenvalue weighted by Gasteiger charge is -2.29. The topological polar surface area (TPSA) is 101 Å². The third-order valence-corrected chi connectivity index (χ3v) is 8.59. The number of aromatic amines is 1. The van der Waals surface area contributed by atoms with Crippen LogP contribution in [0.1, 0.15) is 67.7 Å². The molecule has 1 saturated heterocycles. The molecule has 2 N–H and O–H groups in total. The Kier molecular flexibility index (Phi) is 8.57. The van der Waals surface area contributed by atoms with Gasteiger partial charge in [-0.1, -0.05) is 19.9 Å². The molecule has 2 aromatic carbocycles. The molecule has 0 radical (unpaired) electrons. The second-order valence-electron chi connectivity index (χ2n) is 13.2. The highest BCUT2D eigenvalue weighted by Crippen LogP contribution is 2.41. The van der Waals surface area contributed by atoms with Crippen molar-refractivity contribution in [1.29, 1.82) is 0 Å². The summed E-state index contributed by atoms with van der Waals surface area (Å²) in [5, 5.41) is 3.68. The molecule has 2 aliphatic heterocycles. The van der Waals surface area contributed by atoms with E-state index in [0.29, 0.717) is 29.1 Å². The number of nitrogens with zero attached hydrogens (tertiary/aromatic N) is 2. The number of carbonyl (C=O) groups excluding carboxylic acids is 3. The molecule has 3 heterocycles. The number of nitrogens with one attached hydrogen (secondary N) is 2. The van der Waals surface area contributed by atoms with E-state index in [0.717, 1.165) is 35.1 Å². The van der Waals surface area contributed by atoms with Crippen LogP contribution in [0.25, 0.3) is 16.5 Å². The fourth-order valence-electron chi connectivity index (χ4n) is 6.26. The second kappa shape index (κ2) is 12.1. The highest BCUT2D eigenvalue weighted by Gasteiger charge is 2.38. The highest BCUT2D eigenvalue weighted by atomic mass is 19.1. The largest absolute Gasteiger partial charge is 0.459 e. The quantitative estimate of drug-likeness (QED) is 0.267. The van der Waals surface area contributed by atoms with Crippen LogP contribution in [0.4, 0.5) is 9.18 Å². The summed E-state index contributed by atoms with van der Waals surface area (Å²) in [5.41, 5.74) is 2.17. The zero-order chi connectivity index (χ0) is 31.8. The summed E-state index contributed by atoms with van der Waals surface area (Å²) in [5.74, 6) is -1.13. The van der Waals surface area contributed by atoms with Crippen molar-refractivity contribution in [2.45, 2.75) is 59.0 Å². The first-order chi connectivity index (χ1) is 20.8. The lowest BCUT2D eigenvalue weighted by Crippen LogP contribution is -2.46. The van der Waals surface area contributed by atoms with Gasteiger partial charge in [-0.3, -0.25) is 4.79 Å². The number of H-pyrrole nitrogens is 1. The minimum Gasteiger partial charge on any atom is -0.459 e. The van der Waals surface area contributed by atoms with Crippen LogP contribution in [0.15, 0.2) is 42.6 Å². The minimum atomic E-state index is -0.642.